The first-order valence-corrected chi connectivity index (χ1v) is 4.62. The van der Waals surface area contributed by atoms with E-state index in [1.807, 2.05) is 0 Å². The Hall–Kier alpha value is -1.18. The maximum atomic E-state index is 11.5. The molecule has 2 unspecified atom stereocenters. The van der Waals surface area contributed by atoms with Crippen molar-refractivity contribution in [1.29, 1.82) is 0 Å². The van der Waals surface area contributed by atoms with Crippen molar-refractivity contribution in [3.8, 4) is 0 Å². The van der Waals surface area contributed by atoms with E-state index in [0.29, 0.717) is 26.2 Å². The summed E-state index contributed by atoms with van der Waals surface area (Å²) in [6, 6.07) is 0. The first kappa shape index (κ1) is 11.9. The highest BCUT2D eigenvalue weighted by molar-refractivity contribution is 5.87. The summed E-state index contributed by atoms with van der Waals surface area (Å²) in [6.07, 6.45) is -3.95. The molecule has 86 valence electrons. The molecule has 4 N–H and O–H groups in total. The molecule has 15 heavy (non-hydrogen) atoms. The molecule has 1 aliphatic rings. The zero-order valence-corrected chi connectivity index (χ0v) is 8.09. The number of carboxylic acid groups (broad SMARTS) is 1. The van der Waals surface area contributed by atoms with Gasteiger partial charge >= 0.3 is 5.97 Å². The molecule has 0 aromatic carbocycles. The molecule has 1 amide bonds. The van der Waals surface area contributed by atoms with Crippen LogP contribution in [-0.4, -0.2) is 70.5 Å². The van der Waals surface area contributed by atoms with Gasteiger partial charge in [0.1, 0.15) is 0 Å². The summed E-state index contributed by atoms with van der Waals surface area (Å²) in [6.45, 7) is 2.01. The van der Waals surface area contributed by atoms with E-state index in [2.05, 4.69) is 5.32 Å². The van der Waals surface area contributed by atoms with Crippen molar-refractivity contribution in [2.45, 2.75) is 12.2 Å². The van der Waals surface area contributed by atoms with E-state index < -0.39 is 24.1 Å². The quantitative estimate of drug-likeness (QED) is 0.408. The lowest BCUT2D eigenvalue weighted by Gasteiger charge is -2.29. The number of nitrogens with one attached hydrogen (secondary N) is 1. The number of carboxylic acids is 1. The normalized spacial score (nSPS) is 20.8. The Bertz CT molecular complexity index is 251. The van der Waals surface area contributed by atoms with Crippen LogP contribution in [0.25, 0.3) is 0 Å². The smallest absolute Gasteiger partial charge is 0.335 e. The number of piperazine rings is 1. The fourth-order valence-electron chi connectivity index (χ4n) is 1.34. The van der Waals surface area contributed by atoms with Gasteiger partial charge in [0, 0.05) is 26.2 Å². The Morgan fingerprint density at radius 1 is 1.13 bits per heavy atom. The number of carbonyl (C=O) groups excluding carboxylic acids is 1. The highest BCUT2D eigenvalue weighted by atomic mass is 16.4. The third-order valence-electron chi connectivity index (χ3n) is 2.23. The average Bonchev–Trinajstić information content (AvgIpc) is 2.27. The van der Waals surface area contributed by atoms with Crippen LogP contribution in [-0.2, 0) is 9.59 Å². The van der Waals surface area contributed by atoms with Gasteiger partial charge in [-0.15, -0.1) is 0 Å². The van der Waals surface area contributed by atoms with Gasteiger partial charge < -0.3 is 25.5 Å². The van der Waals surface area contributed by atoms with Gasteiger partial charge in [0.25, 0.3) is 5.91 Å². The molecule has 7 nitrogen and oxygen atoms in total. The fourth-order valence-corrected chi connectivity index (χ4v) is 1.34. The van der Waals surface area contributed by atoms with E-state index in [-0.39, 0.29) is 0 Å². The Morgan fingerprint density at radius 3 is 2.13 bits per heavy atom. The maximum Gasteiger partial charge on any atom is 0.335 e. The van der Waals surface area contributed by atoms with Crippen molar-refractivity contribution in [3.63, 3.8) is 0 Å². The molecule has 0 aromatic rings. The highest BCUT2D eigenvalue weighted by Gasteiger charge is 2.33. The summed E-state index contributed by atoms with van der Waals surface area (Å²) in [5.41, 5.74) is 0. The third kappa shape index (κ3) is 2.88. The van der Waals surface area contributed by atoms with Gasteiger partial charge in [-0.1, -0.05) is 0 Å². The lowest BCUT2D eigenvalue weighted by atomic mass is 10.1. The standard InChI is InChI=1S/C8H14N2O5/c11-5(6(12)8(14)15)7(13)10-3-1-9-2-4-10/h5-6,9,11-12H,1-4H2,(H,14,15). The number of hydrogen-bond acceptors (Lipinski definition) is 5. The molecule has 0 spiro atoms. The number of rotatable bonds is 3. The van der Waals surface area contributed by atoms with Crippen LogP contribution < -0.4 is 5.32 Å². The molecule has 1 saturated heterocycles. The van der Waals surface area contributed by atoms with Crippen LogP contribution in [0.3, 0.4) is 0 Å². The van der Waals surface area contributed by atoms with E-state index >= 15 is 0 Å². The minimum atomic E-state index is -2.06. The summed E-state index contributed by atoms with van der Waals surface area (Å²) in [5, 5.41) is 29.7. The van der Waals surface area contributed by atoms with Gasteiger partial charge in [-0.2, -0.15) is 0 Å². The van der Waals surface area contributed by atoms with E-state index in [0.717, 1.165) is 0 Å². The molecule has 1 heterocycles. The van der Waals surface area contributed by atoms with Gasteiger partial charge in [0.05, 0.1) is 0 Å². The molecule has 0 radical (unpaired) electrons. The summed E-state index contributed by atoms with van der Waals surface area (Å²) >= 11 is 0. The largest absolute Gasteiger partial charge is 0.479 e. The number of aliphatic hydroxyl groups is 2. The van der Waals surface area contributed by atoms with Crippen LogP contribution >= 0.6 is 0 Å². The number of aliphatic hydroxyl groups excluding tert-OH is 2. The zero-order valence-electron chi connectivity index (χ0n) is 8.09. The number of amides is 1. The molecule has 0 aromatic heterocycles. The number of carbonyl (C=O) groups is 2. The molecule has 1 aliphatic heterocycles. The van der Waals surface area contributed by atoms with E-state index in [4.69, 9.17) is 10.2 Å². The average molecular weight is 218 g/mol. The Labute approximate surface area is 86.3 Å². The first-order chi connectivity index (χ1) is 7.04. The van der Waals surface area contributed by atoms with Crippen LogP contribution in [0.4, 0.5) is 0 Å². The van der Waals surface area contributed by atoms with E-state index in [1.165, 1.54) is 4.90 Å². The summed E-state index contributed by atoms with van der Waals surface area (Å²) < 4.78 is 0. The minimum absolute atomic E-state index is 0.405. The zero-order chi connectivity index (χ0) is 11.4. The lowest BCUT2D eigenvalue weighted by Crippen LogP contribution is -2.53. The molecule has 0 bridgehead atoms. The van der Waals surface area contributed by atoms with Gasteiger partial charge in [0.15, 0.2) is 12.2 Å². The molecule has 0 aliphatic carbocycles. The summed E-state index contributed by atoms with van der Waals surface area (Å²) in [4.78, 5) is 23.1. The van der Waals surface area contributed by atoms with Gasteiger partial charge in [-0.05, 0) is 0 Å². The lowest BCUT2D eigenvalue weighted by molar-refractivity contribution is -0.162. The molecular formula is C8H14N2O5. The molecule has 0 saturated carbocycles. The minimum Gasteiger partial charge on any atom is -0.479 e. The second-order valence-electron chi connectivity index (χ2n) is 3.30. The van der Waals surface area contributed by atoms with Crippen LogP contribution in [0.5, 0.6) is 0 Å². The summed E-state index contributed by atoms with van der Waals surface area (Å²) in [7, 11) is 0. The van der Waals surface area contributed by atoms with Crippen molar-refractivity contribution in [3.05, 3.63) is 0 Å². The molecular weight excluding hydrogens is 204 g/mol. The predicted octanol–water partition coefficient (Wildman–Crippen LogP) is -2.78. The van der Waals surface area contributed by atoms with Crippen LogP contribution in [0.2, 0.25) is 0 Å². The van der Waals surface area contributed by atoms with Crippen molar-refractivity contribution in [2.24, 2.45) is 0 Å². The third-order valence-corrected chi connectivity index (χ3v) is 2.23. The Kier molecular flexibility index (Phi) is 4.01. The monoisotopic (exact) mass is 218 g/mol. The topological polar surface area (TPSA) is 110 Å². The first-order valence-electron chi connectivity index (χ1n) is 4.62. The predicted molar refractivity (Wildman–Crippen MR) is 49.1 cm³/mol. The second-order valence-corrected chi connectivity index (χ2v) is 3.30. The van der Waals surface area contributed by atoms with E-state index in [9.17, 15) is 14.7 Å². The summed E-state index contributed by atoms with van der Waals surface area (Å²) in [5.74, 6) is -2.35. The SMILES string of the molecule is O=C(O)C(O)C(O)C(=O)N1CCNCC1. The van der Waals surface area contributed by atoms with Gasteiger partial charge in [-0.3, -0.25) is 4.79 Å². The molecule has 2 atom stereocenters. The Balaban J connectivity index is 2.54. The van der Waals surface area contributed by atoms with Crippen LogP contribution in [0.15, 0.2) is 0 Å². The second kappa shape index (κ2) is 5.06. The molecule has 7 heteroatoms. The molecule has 1 rings (SSSR count). The van der Waals surface area contributed by atoms with Crippen LogP contribution in [0.1, 0.15) is 0 Å². The highest BCUT2D eigenvalue weighted by Crippen LogP contribution is 2.02. The number of aliphatic carboxylic acids is 1. The van der Waals surface area contributed by atoms with Crippen molar-refractivity contribution in [1.82, 2.24) is 10.2 Å². The molecule has 1 fully saturated rings. The van der Waals surface area contributed by atoms with Crippen LogP contribution in [0, 0.1) is 0 Å². The Morgan fingerprint density at radius 2 is 1.67 bits per heavy atom. The van der Waals surface area contributed by atoms with Crippen molar-refractivity contribution in [2.75, 3.05) is 26.2 Å². The van der Waals surface area contributed by atoms with Crippen molar-refractivity contribution >= 4 is 11.9 Å². The number of hydrogen-bond donors (Lipinski definition) is 4. The van der Waals surface area contributed by atoms with Crippen molar-refractivity contribution < 1.29 is 24.9 Å². The fraction of sp³-hybridized carbons (Fsp3) is 0.750. The van der Waals surface area contributed by atoms with Gasteiger partial charge in [-0.25, -0.2) is 4.79 Å². The maximum absolute atomic E-state index is 11.5. The van der Waals surface area contributed by atoms with Gasteiger partial charge in [0.2, 0.25) is 0 Å². The number of nitrogens with zero attached hydrogens (tertiary/aromatic N) is 1. The van der Waals surface area contributed by atoms with E-state index in [1.54, 1.807) is 0 Å².